The zero-order valence-electron chi connectivity index (χ0n) is 11.7. The van der Waals surface area contributed by atoms with Crippen LogP contribution in [0.1, 0.15) is 31.7 Å². The fourth-order valence-corrected chi connectivity index (χ4v) is 3.08. The van der Waals surface area contributed by atoms with E-state index < -0.39 is 0 Å². The minimum absolute atomic E-state index is 0.0152. The first-order chi connectivity index (χ1) is 9.57. The fraction of sp³-hybridized carbons (Fsp3) is 0.533. The molecule has 1 atom stereocenters. The molecule has 0 aliphatic heterocycles. The van der Waals surface area contributed by atoms with Gasteiger partial charge in [-0.05, 0) is 37.8 Å². The fourth-order valence-electron chi connectivity index (χ4n) is 2.37. The van der Waals surface area contributed by atoms with E-state index in [1.54, 1.807) is 0 Å². The number of urea groups is 1. The van der Waals surface area contributed by atoms with E-state index in [0.29, 0.717) is 13.0 Å². The number of benzene rings is 1. The normalized spacial score (nSPS) is 17.4. The first kappa shape index (κ1) is 15.3. The highest BCUT2D eigenvalue weighted by molar-refractivity contribution is 9.10. The Bertz CT molecular complexity index is 475. The van der Waals surface area contributed by atoms with Gasteiger partial charge in [0.25, 0.3) is 0 Å². The molecule has 0 bridgehead atoms. The smallest absolute Gasteiger partial charge is 0.315 e. The molecule has 1 aromatic rings. The van der Waals surface area contributed by atoms with Crippen molar-refractivity contribution in [2.24, 2.45) is 0 Å². The van der Waals surface area contributed by atoms with Crippen LogP contribution in [-0.2, 0) is 5.41 Å². The molecule has 2 rings (SSSR count). The van der Waals surface area contributed by atoms with Crippen molar-refractivity contribution in [3.63, 3.8) is 0 Å². The van der Waals surface area contributed by atoms with E-state index in [4.69, 9.17) is 5.11 Å². The van der Waals surface area contributed by atoms with Gasteiger partial charge in [0.05, 0.1) is 0 Å². The highest BCUT2D eigenvalue weighted by Crippen LogP contribution is 2.49. The second kappa shape index (κ2) is 6.59. The summed E-state index contributed by atoms with van der Waals surface area (Å²) in [6.45, 7) is 2.62. The van der Waals surface area contributed by atoms with Gasteiger partial charge in [-0.15, -0.1) is 0 Å². The van der Waals surface area contributed by atoms with Crippen molar-refractivity contribution in [2.45, 2.75) is 37.6 Å². The average molecular weight is 341 g/mol. The highest BCUT2D eigenvalue weighted by atomic mass is 79.9. The Labute approximate surface area is 128 Å². The van der Waals surface area contributed by atoms with E-state index in [1.165, 1.54) is 5.56 Å². The summed E-state index contributed by atoms with van der Waals surface area (Å²) >= 11 is 3.58. The molecule has 1 fully saturated rings. The van der Waals surface area contributed by atoms with Crippen molar-refractivity contribution >= 4 is 22.0 Å². The first-order valence-corrected chi connectivity index (χ1v) is 7.77. The summed E-state index contributed by atoms with van der Waals surface area (Å²) in [5.74, 6) is 0. The quantitative estimate of drug-likeness (QED) is 0.745. The van der Waals surface area contributed by atoms with Gasteiger partial charge in [-0.2, -0.15) is 0 Å². The van der Waals surface area contributed by atoms with Gasteiger partial charge in [0, 0.05) is 29.1 Å². The van der Waals surface area contributed by atoms with Gasteiger partial charge in [-0.1, -0.05) is 34.1 Å². The number of hydrogen-bond acceptors (Lipinski definition) is 2. The van der Waals surface area contributed by atoms with Gasteiger partial charge < -0.3 is 15.7 Å². The predicted octanol–water partition coefficient (Wildman–Crippen LogP) is 2.55. The Balaban J connectivity index is 1.88. The largest absolute Gasteiger partial charge is 0.396 e. The lowest BCUT2D eigenvalue weighted by molar-refractivity contribution is 0.230. The van der Waals surface area contributed by atoms with Crippen molar-refractivity contribution in [1.82, 2.24) is 10.6 Å². The summed E-state index contributed by atoms with van der Waals surface area (Å²) in [6, 6.07) is 8.01. The van der Waals surface area contributed by atoms with Crippen LogP contribution in [0.25, 0.3) is 0 Å². The van der Waals surface area contributed by atoms with Crippen molar-refractivity contribution in [3.8, 4) is 0 Å². The Morgan fingerprint density at radius 1 is 1.45 bits per heavy atom. The standard InChI is InChI=1S/C15H21BrN2O2/c1-11(6-9-19)18-14(20)17-10-15(7-8-15)12-4-2-3-5-13(12)16/h2-5,11,19H,6-10H2,1H3,(H2,17,18,20)/t11-/m1/s1. The number of carbonyl (C=O) groups is 1. The number of aliphatic hydroxyl groups excluding tert-OH is 1. The summed E-state index contributed by atoms with van der Waals surface area (Å²) in [6.07, 6.45) is 2.77. The number of hydrogen-bond donors (Lipinski definition) is 3. The average Bonchev–Trinajstić information content (AvgIpc) is 3.18. The van der Waals surface area contributed by atoms with E-state index >= 15 is 0 Å². The number of aliphatic hydroxyl groups is 1. The number of carbonyl (C=O) groups excluding carboxylic acids is 1. The maximum Gasteiger partial charge on any atom is 0.315 e. The Hall–Kier alpha value is -1.07. The Morgan fingerprint density at radius 3 is 2.75 bits per heavy atom. The van der Waals surface area contributed by atoms with Gasteiger partial charge in [0.15, 0.2) is 0 Å². The lowest BCUT2D eigenvalue weighted by atomic mass is 9.96. The molecule has 20 heavy (non-hydrogen) atoms. The summed E-state index contributed by atoms with van der Waals surface area (Å²) in [5.41, 5.74) is 1.35. The molecule has 0 aromatic heterocycles. The van der Waals surface area contributed by atoms with Crippen molar-refractivity contribution in [2.75, 3.05) is 13.2 Å². The summed E-state index contributed by atoms with van der Waals surface area (Å²) < 4.78 is 1.10. The van der Waals surface area contributed by atoms with E-state index in [2.05, 4.69) is 32.6 Å². The second-order valence-electron chi connectivity index (χ2n) is 5.50. The van der Waals surface area contributed by atoms with Gasteiger partial charge in [0.2, 0.25) is 0 Å². The molecule has 1 aliphatic rings. The van der Waals surface area contributed by atoms with Gasteiger partial charge in [0.1, 0.15) is 0 Å². The van der Waals surface area contributed by atoms with Crippen LogP contribution in [0.2, 0.25) is 0 Å². The van der Waals surface area contributed by atoms with Gasteiger partial charge >= 0.3 is 6.03 Å². The topological polar surface area (TPSA) is 61.4 Å². The van der Waals surface area contributed by atoms with E-state index in [9.17, 15) is 4.79 Å². The van der Waals surface area contributed by atoms with E-state index in [-0.39, 0.29) is 24.1 Å². The molecule has 4 nitrogen and oxygen atoms in total. The van der Waals surface area contributed by atoms with E-state index in [0.717, 1.165) is 17.3 Å². The van der Waals surface area contributed by atoms with Crippen molar-refractivity contribution in [1.29, 1.82) is 0 Å². The molecule has 110 valence electrons. The van der Waals surface area contributed by atoms with Crippen LogP contribution in [0.3, 0.4) is 0 Å². The monoisotopic (exact) mass is 340 g/mol. The maximum absolute atomic E-state index is 11.8. The van der Waals surface area contributed by atoms with Crippen molar-refractivity contribution in [3.05, 3.63) is 34.3 Å². The zero-order chi connectivity index (χ0) is 14.6. The molecule has 3 N–H and O–H groups in total. The minimum Gasteiger partial charge on any atom is -0.396 e. The molecule has 0 saturated heterocycles. The lowest BCUT2D eigenvalue weighted by Crippen LogP contribution is -2.43. The third-order valence-electron chi connectivity index (χ3n) is 3.83. The minimum atomic E-state index is -0.163. The highest BCUT2D eigenvalue weighted by Gasteiger charge is 2.45. The summed E-state index contributed by atoms with van der Waals surface area (Å²) in [7, 11) is 0. The number of halogens is 1. The predicted molar refractivity (Wildman–Crippen MR) is 82.8 cm³/mol. The number of rotatable bonds is 6. The lowest BCUT2D eigenvalue weighted by Gasteiger charge is -2.19. The van der Waals surface area contributed by atoms with Crippen LogP contribution in [0.4, 0.5) is 4.79 Å². The van der Waals surface area contributed by atoms with Crippen LogP contribution < -0.4 is 10.6 Å². The van der Waals surface area contributed by atoms with Crippen LogP contribution in [0.15, 0.2) is 28.7 Å². The molecule has 0 heterocycles. The second-order valence-corrected chi connectivity index (χ2v) is 6.35. The van der Waals surface area contributed by atoms with E-state index in [1.807, 2.05) is 25.1 Å². The number of nitrogens with one attached hydrogen (secondary N) is 2. The molecular formula is C15H21BrN2O2. The number of amides is 2. The molecule has 0 radical (unpaired) electrons. The Kier molecular flexibility index (Phi) is 5.05. The SMILES string of the molecule is C[C@H](CCO)NC(=O)NCC1(c2ccccc2Br)CC1. The van der Waals surface area contributed by atoms with Crippen LogP contribution in [-0.4, -0.2) is 30.3 Å². The molecule has 0 unspecified atom stereocenters. The van der Waals surface area contributed by atoms with Gasteiger partial charge in [-0.25, -0.2) is 4.79 Å². The molecule has 1 saturated carbocycles. The zero-order valence-corrected chi connectivity index (χ0v) is 13.2. The molecule has 2 amide bonds. The third-order valence-corrected chi connectivity index (χ3v) is 4.52. The van der Waals surface area contributed by atoms with Crippen molar-refractivity contribution < 1.29 is 9.90 Å². The molecule has 0 spiro atoms. The summed E-state index contributed by atoms with van der Waals surface area (Å²) in [5, 5.41) is 14.6. The first-order valence-electron chi connectivity index (χ1n) is 6.98. The van der Waals surface area contributed by atoms with Gasteiger partial charge in [-0.3, -0.25) is 0 Å². The van der Waals surface area contributed by atoms with Crippen LogP contribution >= 0.6 is 15.9 Å². The van der Waals surface area contributed by atoms with Crippen LogP contribution in [0.5, 0.6) is 0 Å². The maximum atomic E-state index is 11.8. The third kappa shape index (κ3) is 3.73. The molecule has 1 aliphatic carbocycles. The molecule has 1 aromatic carbocycles. The molecule has 5 heteroatoms. The van der Waals surface area contributed by atoms with Crippen LogP contribution in [0, 0.1) is 0 Å². The molecular weight excluding hydrogens is 320 g/mol. The summed E-state index contributed by atoms with van der Waals surface area (Å²) in [4.78, 5) is 11.8. The Morgan fingerprint density at radius 2 is 2.15 bits per heavy atom.